The van der Waals surface area contributed by atoms with Crippen LogP contribution >= 0.6 is 0 Å². The van der Waals surface area contributed by atoms with E-state index in [0.29, 0.717) is 6.61 Å². The number of rotatable bonds is 4. The number of nitrogens with zero attached hydrogens (tertiary/aromatic N) is 2. The molecule has 1 unspecified atom stereocenters. The van der Waals surface area contributed by atoms with Crippen LogP contribution in [0.25, 0.3) is 0 Å². The maximum absolute atomic E-state index is 11.3. The number of para-hydroxylation sites is 1. The van der Waals surface area contributed by atoms with E-state index in [9.17, 15) is 4.79 Å². The van der Waals surface area contributed by atoms with E-state index in [1.807, 2.05) is 24.4 Å². The first-order chi connectivity index (χ1) is 10.3. The van der Waals surface area contributed by atoms with Gasteiger partial charge in [0.1, 0.15) is 12.3 Å². The first-order valence-corrected chi connectivity index (χ1v) is 6.97. The third kappa shape index (κ3) is 2.99. The van der Waals surface area contributed by atoms with Crippen molar-refractivity contribution in [1.82, 2.24) is 15.1 Å². The second-order valence-electron chi connectivity index (χ2n) is 4.97. The van der Waals surface area contributed by atoms with Gasteiger partial charge in [0.15, 0.2) is 0 Å². The zero-order chi connectivity index (χ0) is 14.7. The molecule has 3 rings (SSSR count). The summed E-state index contributed by atoms with van der Waals surface area (Å²) in [6.45, 7) is 0.920. The second kappa shape index (κ2) is 5.87. The maximum Gasteiger partial charge on any atom is 0.241 e. The van der Waals surface area contributed by atoms with E-state index in [2.05, 4.69) is 21.8 Å². The van der Waals surface area contributed by atoms with Crippen LogP contribution in [-0.2, 0) is 11.3 Å². The summed E-state index contributed by atoms with van der Waals surface area (Å²) in [5.41, 5.74) is 2.06. The van der Waals surface area contributed by atoms with E-state index in [1.54, 1.807) is 17.9 Å². The Hall–Kier alpha value is -2.50. The lowest BCUT2D eigenvalue weighted by Crippen LogP contribution is -2.23. The Morgan fingerprint density at radius 3 is 3.19 bits per heavy atom. The van der Waals surface area contributed by atoms with Gasteiger partial charge in [-0.3, -0.25) is 9.48 Å². The van der Waals surface area contributed by atoms with Crippen molar-refractivity contribution < 1.29 is 9.53 Å². The number of benzene rings is 1. The molecule has 0 aliphatic carbocycles. The third-order valence-corrected chi connectivity index (χ3v) is 3.52. The summed E-state index contributed by atoms with van der Waals surface area (Å²) in [6, 6.07) is 8.24. The molecule has 2 heterocycles. The number of hydrogen-bond acceptors (Lipinski definition) is 4. The van der Waals surface area contributed by atoms with Crippen molar-refractivity contribution >= 4 is 11.6 Å². The van der Waals surface area contributed by atoms with Gasteiger partial charge in [0.2, 0.25) is 5.91 Å². The number of aromatic nitrogens is 2. The highest BCUT2D eigenvalue weighted by molar-refractivity contribution is 5.75. The lowest BCUT2D eigenvalue weighted by molar-refractivity contribution is -0.121. The monoisotopic (exact) mass is 286 g/mol. The van der Waals surface area contributed by atoms with Crippen molar-refractivity contribution in [3.63, 3.8) is 0 Å². The number of anilines is 1. The molecule has 21 heavy (non-hydrogen) atoms. The minimum Gasteiger partial charge on any atom is -0.493 e. The molecule has 1 aromatic carbocycles. The Balaban J connectivity index is 1.72. The highest BCUT2D eigenvalue weighted by Crippen LogP contribution is 2.33. The molecular formula is C15H18N4O2. The van der Waals surface area contributed by atoms with Gasteiger partial charge in [-0.25, -0.2) is 0 Å². The largest absolute Gasteiger partial charge is 0.493 e. The quantitative estimate of drug-likeness (QED) is 0.895. The third-order valence-electron chi connectivity index (χ3n) is 3.52. The summed E-state index contributed by atoms with van der Waals surface area (Å²) in [5.74, 6) is 0.861. The first-order valence-electron chi connectivity index (χ1n) is 6.97. The van der Waals surface area contributed by atoms with Gasteiger partial charge >= 0.3 is 0 Å². The number of hydrogen-bond donors (Lipinski definition) is 2. The summed E-state index contributed by atoms with van der Waals surface area (Å²) in [7, 11) is 1.62. The molecule has 0 bridgehead atoms. The minimum absolute atomic E-state index is 0.0685. The molecule has 6 heteroatoms. The highest BCUT2D eigenvalue weighted by Gasteiger charge is 2.21. The molecule has 1 aliphatic heterocycles. The summed E-state index contributed by atoms with van der Waals surface area (Å²) in [4.78, 5) is 11.3. The zero-order valence-electron chi connectivity index (χ0n) is 11.9. The van der Waals surface area contributed by atoms with Crippen LogP contribution in [0.3, 0.4) is 0 Å². The number of likely N-dealkylation sites (N-methyl/N-ethyl adjacent to an activating group) is 1. The van der Waals surface area contributed by atoms with Crippen LogP contribution in [-0.4, -0.2) is 29.3 Å². The Morgan fingerprint density at radius 1 is 1.48 bits per heavy atom. The first kappa shape index (κ1) is 13.5. The molecule has 0 radical (unpaired) electrons. The molecule has 2 N–H and O–H groups in total. The summed E-state index contributed by atoms with van der Waals surface area (Å²) in [6.07, 6.45) is 4.48. The van der Waals surface area contributed by atoms with Gasteiger partial charge in [0.25, 0.3) is 0 Å². The molecule has 2 aromatic rings. The van der Waals surface area contributed by atoms with Crippen LogP contribution in [0.5, 0.6) is 5.75 Å². The number of carbonyl (C=O) groups is 1. The van der Waals surface area contributed by atoms with Crippen LogP contribution < -0.4 is 15.4 Å². The van der Waals surface area contributed by atoms with Crippen LogP contribution in [0.2, 0.25) is 0 Å². The molecule has 1 aliphatic rings. The Morgan fingerprint density at radius 2 is 2.33 bits per heavy atom. The van der Waals surface area contributed by atoms with E-state index >= 15 is 0 Å². The van der Waals surface area contributed by atoms with E-state index in [1.165, 1.54) is 0 Å². The average Bonchev–Trinajstić information content (AvgIpc) is 2.94. The zero-order valence-corrected chi connectivity index (χ0v) is 11.9. The molecule has 1 amide bonds. The Kier molecular flexibility index (Phi) is 3.77. The normalized spacial score (nSPS) is 16.7. The van der Waals surface area contributed by atoms with Crippen LogP contribution in [0.4, 0.5) is 5.69 Å². The van der Waals surface area contributed by atoms with Gasteiger partial charge < -0.3 is 15.4 Å². The van der Waals surface area contributed by atoms with Crippen molar-refractivity contribution in [3.8, 4) is 5.75 Å². The van der Waals surface area contributed by atoms with Gasteiger partial charge in [-0.05, 0) is 6.07 Å². The Bertz CT molecular complexity index is 638. The van der Waals surface area contributed by atoms with Gasteiger partial charge in [-0.1, -0.05) is 18.2 Å². The predicted octanol–water partition coefficient (Wildman–Crippen LogP) is 1.56. The molecule has 0 fully saturated rings. The van der Waals surface area contributed by atoms with E-state index < -0.39 is 0 Å². The topological polar surface area (TPSA) is 68.2 Å². The molecule has 0 spiro atoms. The van der Waals surface area contributed by atoms with Crippen LogP contribution in [0.15, 0.2) is 36.7 Å². The minimum atomic E-state index is -0.0685. The fourth-order valence-electron chi connectivity index (χ4n) is 2.44. The number of ether oxygens (including phenoxy) is 1. The van der Waals surface area contributed by atoms with Crippen LogP contribution in [0.1, 0.15) is 18.0 Å². The lowest BCUT2D eigenvalue weighted by atomic mass is 10.0. The number of fused-ring (bicyclic) bond motifs is 1. The molecule has 110 valence electrons. The van der Waals surface area contributed by atoms with Crippen LogP contribution in [0, 0.1) is 0 Å². The predicted molar refractivity (Wildman–Crippen MR) is 79.2 cm³/mol. The number of amides is 1. The summed E-state index contributed by atoms with van der Waals surface area (Å²) < 4.78 is 7.27. The lowest BCUT2D eigenvalue weighted by Gasteiger charge is -2.26. The van der Waals surface area contributed by atoms with Gasteiger partial charge in [-0.2, -0.15) is 5.10 Å². The smallest absolute Gasteiger partial charge is 0.241 e. The fourth-order valence-corrected chi connectivity index (χ4v) is 2.44. The van der Waals surface area contributed by atoms with Crippen molar-refractivity contribution in [1.29, 1.82) is 0 Å². The van der Waals surface area contributed by atoms with E-state index in [4.69, 9.17) is 4.74 Å². The molecular weight excluding hydrogens is 268 g/mol. The Labute approximate surface area is 123 Å². The van der Waals surface area contributed by atoms with Crippen molar-refractivity contribution in [2.24, 2.45) is 0 Å². The molecule has 1 atom stereocenters. The van der Waals surface area contributed by atoms with Crippen molar-refractivity contribution in [2.75, 3.05) is 19.0 Å². The van der Waals surface area contributed by atoms with E-state index in [0.717, 1.165) is 23.4 Å². The number of nitrogens with one attached hydrogen (secondary N) is 2. The van der Waals surface area contributed by atoms with Gasteiger partial charge in [0.05, 0.1) is 24.5 Å². The fraction of sp³-hybridized carbons (Fsp3) is 0.333. The van der Waals surface area contributed by atoms with E-state index in [-0.39, 0.29) is 18.5 Å². The highest BCUT2D eigenvalue weighted by atomic mass is 16.5. The van der Waals surface area contributed by atoms with Crippen molar-refractivity contribution in [3.05, 3.63) is 42.2 Å². The number of carbonyl (C=O) groups excluding carboxylic acids is 1. The molecule has 6 nitrogen and oxygen atoms in total. The SMILES string of the molecule is CNC(=O)Cn1cc(NC2CCOc3ccccc32)cn1. The maximum atomic E-state index is 11.3. The molecule has 0 saturated carbocycles. The molecule has 1 aromatic heterocycles. The summed E-state index contributed by atoms with van der Waals surface area (Å²) >= 11 is 0. The second-order valence-corrected chi connectivity index (χ2v) is 4.97. The van der Waals surface area contributed by atoms with Crippen molar-refractivity contribution in [2.45, 2.75) is 19.0 Å². The molecule has 0 saturated heterocycles. The summed E-state index contributed by atoms with van der Waals surface area (Å²) in [5, 5.41) is 10.2. The average molecular weight is 286 g/mol. The standard InChI is InChI=1S/C15H18N4O2/c1-16-15(20)10-19-9-11(8-17-19)18-13-6-7-21-14-5-3-2-4-12(13)14/h2-5,8-9,13,18H,6-7,10H2,1H3,(H,16,20). The van der Waals surface area contributed by atoms with Gasteiger partial charge in [0, 0.05) is 25.2 Å². The van der Waals surface area contributed by atoms with Gasteiger partial charge in [-0.15, -0.1) is 0 Å².